The molecule has 2 amide bonds. The van der Waals surface area contributed by atoms with Gasteiger partial charge in [0, 0.05) is 11.6 Å². The van der Waals surface area contributed by atoms with Crippen molar-refractivity contribution in [1.82, 2.24) is 5.32 Å². The number of ether oxygens (including phenoxy) is 1. The van der Waals surface area contributed by atoms with E-state index in [4.69, 9.17) is 10.5 Å². The number of alkyl carbamates (subject to hydrolysis) is 1. The first kappa shape index (κ1) is 20.9. The summed E-state index contributed by atoms with van der Waals surface area (Å²) in [6.45, 7) is 3.85. The minimum atomic E-state index is -0.472. The number of hydrogen-bond donors (Lipinski definition) is 3. The first-order valence-corrected chi connectivity index (χ1v) is 9.71. The smallest absolute Gasteiger partial charge is 0.407 e. The molecule has 0 fully saturated rings. The summed E-state index contributed by atoms with van der Waals surface area (Å²) < 4.78 is 5.14. The van der Waals surface area contributed by atoms with Crippen LogP contribution >= 0.6 is 0 Å². The number of carbonyl (C=O) groups is 2. The van der Waals surface area contributed by atoms with Gasteiger partial charge in [0.05, 0.1) is 11.4 Å². The minimum Gasteiger partial charge on any atom is -0.445 e. The van der Waals surface area contributed by atoms with E-state index in [0.29, 0.717) is 16.9 Å². The lowest BCUT2D eigenvalue weighted by molar-refractivity contribution is 0.102. The zero-order chi connectivity index (χ0) is 21.5. The summed E-state index contributed by atoms with van der Waals surface area (Å²) in [7, 11) is 0. The van der Waals surface area contributed by atoms with Crippen molar-refractivity contribution >= 4 is 23.4 Å². The van der Waals surface area contributed by atoms with Crippen LogP contribution in [-0.4, -0.2) is 18.0 Å². The Kier molecular flexibility index (Phi) is 6.70. The Hall–Kier alpha value is -3.80. The van der Waals surface area contributed by atoms with Gasteiger partial charge in [0.15, 0.2) is 0 Å². The summed E-state index contributed by atoms with van der Waals surface area (Å²) in [5.74, 6) is -0.267. The highest BCUT2D eigenvalue weighted by Gasteiger charge is 2.10. The Morgan fingerprint density at radius 3 is 2.30 bits per heavy atom. The zero-order valence-corrected chi connectivity index (χ0v) is 17.0. The maximum absolute atomic E-state index is 12.7. The van der Waals surface area contributed by atoms with Gasteiger partial charge in [0.25, 0.3) is 5.91 Å². The van der Waals surface area contributed by atoms with Gasteiger partial charge in [-0.1, -0.05) is 48.5 Å². The summed E-state index contributed by atoms with van der Waals surface area (Å²) in [4.78, 5) is 24.2. The molecule has 0 unspecified atom stereocenters. The van der Waals surface area contributed by atoms with Crippen LogP contribution in [-0.2, 0) is 11.3 Å². The molecule has 0 saturated carbocycles. The second-order valence-corrected chi connectivity index (χ2v) is 7.19. The predicted octanol–water partition coefficient (Wildman–Crippen LogP) is 4.82. The van der Waals surface area contributed by atoms with Crippen LogP contribution in [0.2, 0.25) is 0 Å². The molecule has 6 nitrogen and oxygen atoms in total. The quantitative estimate of drug-likeness (QED) is 0.514. The van der Waals surface area contributed by atoms with Crippen LogP contribution in [0.1, 0.15) is 29.8 Å². The van der Waals surface area contributed by atoms with E-state index >= 15 is 0 Å². The Labute approximate surface area is 176 Å². The molecule has 6 heteroatoms. The van der Waals surface area contributed by atoms with Crippen molar-refractivity contribution in [2.45, 2.75) is 26.5 Å². The molecule has 0 bridgehead atoms. The van der Waals surface area contributed by atoms with Gasteiger partial charge in [-0.05, 0) is 54.8 Å². The fourth-order valence-electron chi connectivity index (χ4n) is 2.85. The molecule has 4 N–H and O–H groups in total. The van der Waals surface area contributed by atoms with Crippen molar-refractivity contribution in [2.24, 2.45) is 0 Å². The SMILES string of the molecule is CC(C)NC(=O)OCc1ccc(C(=O)Nc2cc(-c3ccccc3)ccc2N)cc1. The zero-order valence-electron chi connectivity index (χ0n) is 17.0. The number of nitrogens with two attached hydrogens (primary N) is 1. The summed E-state index contributed by atoms with van der Waals surface area (Å²) in [5.41, 5.74) is 10.4. The standard InChI is InChI=1S/C24H25N3O3/c1-16(2)26-24(29)30-15-17-8-10-19(11-9-17)23(28)27-22-14-20(12-13-21(22)25)18-6-4-3-5-7-18/h3-14,16H,15,25H2,1-2H3,(H,26,29)(H,27,28). The fourth-order valence-corrected chi connectivity index (χ4v) is 2.85. The first-order chi connectivity index (χ1) is 14.4. The van der Waals surface area contributed by atoms with Crippen LogP contribution in [0.4, 0.5) is 16.2 Å². The lowest BCUT2D eigenvalue weighted by atomic mass is 10.0. The molecule has 0 heterocycles. The normalized spacial score (nSPS) is 10.5. The second-order valence-electron chi connectivity index (χ2n) is 7.19. The molecule has 3 aromatic carbocycles. The lowest BCUT2D eigenvalue weighted by Gasteiger charge is -2.12. The highest BCUT2D eigenvalue weighted by molar-refractivity contribution is 6.06. The molecule has 154 valence electrons. The Balaban J connectivity index is 1.65. The molecule has 0 aromatic heterocycles. The molecule has 0 aliphatic carbocycles. The summed E-state index contributed by atoms with van der Waals surface area (Å²) >= 11 is 0. The van der Waals surface area contributed by atoms with E-state index in [2.05, 4.69) is 10.6 Å². The third kappa shape index (κ3) is 5.61. The molecular weight excluding hydrogens is 378 g/mol. The lowest BCUT2D eigenvalue weighted by Crippen LogP contribution is -2.30. The van der Waals surface area contributed by atoms with E-state index in [9.17, 15) is 9.59 Å². The van der Waals surface area contributed by atoms with E-state index in [-0.39, 0.29) is 18.6 Å². The minimum absolute atomic E-state index is 0.0106. The molecule has 0 aliphatic rings. The van der Waals surface area contributed by atoms with Gasteiger partial charge in [0.2, 0.25) is 0 Å². The highest BCUT2D eigenvalue weighted by Crippen LogP contribution is 2.27. The van der Waals surface area contributed by atoms with Gasteiger partial charge in [-0.2, -0.15) is 0 Å². The average Bonchev–Trinajstić information content (AvgIpc) is 2.74. The maximum atomic E-state index is 12.7. The number of nitrogen functional groups attached to an aromatic ring is 1. The van der Waals surface area contributed by atoms with Gasteiger partial charge in [-0.15, -0.1) is 0 Å². The van der Waals surface area contributed by atoms with E-state index < -0.39 is 6.09 Å². The summed E-state index contributed by atoms with van der Waals surface area (Å²) in [6, 6.07) is 22.3. The number of anilines is 2. The third-order valence-corrected chi connectivity index (χ3v) is 4.40. The number of hydrogen-bond acceptors (Lipinski definition) is 4. The summed E-state index contributed by atoms with van der Waals surface area (Å²) in [6.07, 6.45) is -0.472. The largest absolute Gasteiger partial charge is 0.445 e. The van der Waals surface area contributed by atoms with Crippen molar-refractivity contribution in [2.75, 3.05) is 11.1 Å². The Morgan fingerprint density at radius 1 is 0.933 bits per heavy atom. The van der Waals surface area contributed by atoms with Crippen molar-refractivity contribution in [1.29, 1.82) is 0 Å². The Bertz CT molecular complexity index is 1020. The summed E-state index contributed by atoms with van der Waals surface area (Å²) in [5, 5.41) is 5.52. The average molecular weight is 403 g/mol. The second kappa shape index (κ2) is 9.60. The van der Waals surface area contributed by atoms with Crippen molar-refractivity contribution in [3.63, 3.8) is 0 Å². The van der Waals surface area contributed by atoms with Gasteiger partial charge in [-0.3, -0.25) is 4.79 Å². The van der Waals surface area contributed by atoms with Crippen molar-refractivity contribution in [3.05, 3.63) is 83.9 Å². The highest BCUT2D eigenvalue weighted by atomic mass is 16.5. The van der Waals surface area contributed by atoms with E-state index in [1.807, 2.05) is 56.3 Å². The molecule has 0 spiro atoms. The number of benzene rings is 3. The molecule has 30 heavy (non-hydrogen) atoms. The Morgan fingerprint density at radius 2 is 1.63 bits per heavy atom. The molecule has 0 atom stereocenters. The van der Waals surface area contributed by atoms with Gasteiger partial charge in [0.1, 0.15) is 6.61 Å². The van der Waals surface area contributed by atoms with Crippen LogP contribution in [0, 0.1) is 0 Å². The number of rotatable bonds is 6. The number of amides is 2. The molecule has 0 aliphatic heterocycles. The molecule has 3 rings (SSSR count). The van der Waals surface area contributed by atoms with Gasteiger partial charge < -0.3 is 21.1 Å². The topological polar surface area (TPSA) is 93.4 Å². The molecule has 0 saturated heterocycles. The van der Waals surface area contributed by atoms with Crippen LogP contribution in [0.3, 0.4) is 0 Å². The van der Waals surface area contributed by atoms with Crippen LogP contribution in [0.5, 0.6) is 0 Å². The van der Waals surface area contributed by atoms with E-state index in [0.717, 1.165) is 16.7 Å². The van der Waals surface area contributed by atoms with Crippen LogP contribution in [0.25, 0.3) is 11.1 Å². The predicted molar refractivity (Wildman–Crippen MR) is 119 cm³/mol. The van der Waals surface area contributed by atoms with Crippen LogP contribution in [0.15, 0.2) is 72.8 Å². The monoisotopic (exact) mass is 403 g/mol. The molecular formula is C24H25N3O3. The van der Waals surface area contributed by atoms with E-state index in [1.54, 1.807) is 30.3 Å². The van der Waals surface area contributed by atoms with Gasteiger partial charge >= 0.3 is 6.09 Å². The van der Waals surface area contributed by atoms with Crippen molar-refractivity contribution in [3.8, 4) is 11.1 Å². The molecule has 0 radical (unpaired) electrons. The van der Waals surface area contributed by atoms with Crippen LogP contribution < -0.4 is 16.4 Å². The maximum Gasteiger partial charge on any atom is 0.407 e. The number of nitrogens with one attached hydrogen (secondary N) is 2. The number of carbonyl (C=O) groups excluding carboxylic acids is 2. The van der Waals surface area contributed by atoms with Gasteiger partial charge in [-0.25, -0.2) is 4.79 Å². The van der Waals surface area contributed by atoms with Crippen molar-refractivity contribution < 1.29 is 14.3 Å². The van der Waals surface area contributed by atoms with E-state index in [1.165, 1.54) is 0 Å². The fraction of sp³-hybridized carbons (Fsp3) is 0.167. The molecule has 3 aromatic rings. The first-order valence-electron chi connectivity index (χ1n) is 9.71. The third-order valence-electron chi connectivity index (χ3n) is 4.40.